The van der Waals surface area contributed by atoms with E-state index in [9.17, 15) is 18.0 Å². The van der Waals surface area contributed by atoms with Gasteiger partial charge >= 0.3 is 6.18 Å². The molecule has 0 bridgehead atoms. The number of halogens is 3. The van der Waals surface area contributed by atoms with Crippen LogP contribution < -0.4 is 0 Å². The van der Waals surface area contributed by atoms with E-state index in [1.54, 1.807) is 17.3 Å². The quantitative estimate of drug-likeness (QED) is 0.603. The summed E-state index contributed by atoms with van der Waals surface area (Å²) in [4.78, 5) is 21.0. The molecule has 2 aromatic heterocycles. The lowest BCUT2D eigenvalue weighted by Crippen LogP contribution is -2.34. The number of hydrogen-bond acceptors (Lipinski definition) is 4. The van der Waals surface area contributed by atoms with Crippen LogP contribution in [-0.2, 0) is 12.7 Å². The maximum absolute atomic E-state index is 13.0. The second-order valence-corrected chi connectivity index (χ2v) is 7.52. The highest BCUT2D eigenvalue weighted by Crippen LogP contribution is 2.32. The van der Waals surface area contributed by atoms with Gasteiger partial charge in [-0.1, -0.05) is 12.1 Å². The number of hydrogen-bond donors (Lipinski definition) is 0. The van der Waals surface area contributed by atoms with Crippen LogP contribution in [0.15, 0.2) is 65.3 Å². The zero-order valence-corrected chi connectivity index (χ0v) is 16.8. The van der Waals surface area contributed by atoms with Crippen LogP contribution in [0, 0.1) is 0 Å². The third kappa shape index (κ3) is 5.14. The fourth-order valence-electron chi connectivity index (χ4n) is 3.69. The molecule has 8 heteroatoms. The summed E-state index contributed by atoms with van der Waals surface area (Å²) in [7, 11) is 0. The van der Waals surface area contributed by atoms with Gasteiger partial charge in [-0.15, -0.1) is 0 Å². The van der Waals surface area contributed by atoms with Crippen LogP contribution in [0.1, 0.15) is 28.1 Å². The molecule has 0 radical (unpaired) electrons. The minimum atomic E-state index is -4.44. The van der Waals surface area contributed by atoms with Crippen LogP contribution in [0.5, 0.6) is 0 Å². The molecule has 1 saturated heterocycles. The summed E-state index contributed by atoms with van der Waals surface area (Å²) < 4.78 is 44.5. The molecule has 1 fully saturated rings. The van der Waals surface area contributed by atoms with Gasteiger partial charge < -0.3 is 9.32 Å². The molecular weight excluding hydrogens is 407 g/mol. The molecule has 31 heavy (non-hydrogen) atoms. The van der Waals surface area contributed by atoms with E-state index in [4.69, 9.17) is 4.42 Å². The van der Waals surface area contributed by atoms with E-state index in [-0.39, 0.29) is 23.0 Å². The Bertz CT molecular complexity index is 1030. The van der Waals surface area contributed by atoms with E-state index in [2.05, 4.69) is 9.88 Å². The number of aromatic nitrogens is 1. The molecule has 3 aromatic rings. The van der Waals surface area contributed by atoms with Gasteiger partial charge in [-0.25, -0.2) is 0 Å². The molecule has 5 nitrogen and oxygen atoms in total. The van der Waals surface area contributed by atoms with Gasteiger partial charge in [0.1, 0.15) is 5.76 Å². The highest BCUT2D eigenvalue weighted by molar-refractivity contribution is 5.92. The number of carbonyl (C=O) groups excluding carboxylic acids is 1. The van der Waals surface area contributed by atoms with Crippen LogP contribution in [0.3, 0.4) is 0 Å². The second kappa shape index (κ2) is 8.93. The summed E-state index contributed by atoms with van der Waals surface area (Å²) in [5.74, 6) is 0.127. The molecule has 0 unspecified atom stereocenters. The van der Waals surface area contributed by atoms with Crippen molar-refractivity contribution < 1.29 is 22.4 Å². The van der Waals surface area contributed by atoms with E-state index < -0.39 is 11.7 Å². The summed E-state index contributed by atoms with van der Waals surface area (Å²) >= 11 is 0. The summed E-state index contributed by atoms with van der Waals surface area (Å²) in [6.07, 6.45) is -0.0722. The molecule has 0 saturated carbocycles. The third-order valence-electron chi connectivity index (χ3n) is 5.32. The molecule has 1 aliphatic heterocycles. The molecule has 4 rings (SSSR count). The van der Waals surface area contributed by atoms with Crippen LogP contribution in [0.25, 0.3) is 11.3 Å². The van der Waals surface area contributed by atoms with Crippen molar-refractivity contribution in [3.63, 3.8) is 0 Å². The molecular formula is C23H22F3N3O2. The first-order chi connectivity index (χ1) is 14.9. The van der Waals surface area contributed by atoms with Crippen molar-refractivity contribution >= 4 is 5.91 Å². The summed E-state index contributed by atoms with van der Waals surface area (Å²) in [5, 5.41) is 0. The SMILES string of the molecule is O=C(c1ccc(-c2cccc(C(F)(F)F)c2)o1)N1CCCN(Cc2ccncc2)CC1. The van der Waals surface area contributed by atoms with Gasteiger partial charge in [-0.2, -0.15) is 13.2 Å². The monoisotopic (exact) mass is 429 g/mol. The fourth-order valence-corrected chi connectivity index (χ4v) is 3.69. The minimum absolute atomic E-state index is 0.134. The number of pyridine rings is 1. The highest BCUT2D eigenvalue weighted by atomic mass is 19.4. The van der Waals surface area contributed by atoms with E-state index >= 15 is 0 Å². The predicted molar refractivity (Wildman–Crippen MR) is 109 cm³/mol. The maximum atomic E-state index is 13.0. The average molecular weight is 429 g/mol. The number of rotatable bonds is 4. The molecule has 0 aliphatic carbocycles. The van der Waals surface area contributed by atoms with Crippen LogP contribution in [0.2, 0.25) is 0 Å². The van der Waals surface area contributed by atoms with E-state index in [1.165, 1.54) is 29.8 Å². The van der Waals surface area contributed by atoms with Gasteiger partial charge in [-0.3, -0.25) is 14.7 Å². The molecule has 3 heterocycles. The van der Waals surface area contributed by atoms with Gasteiger partial charge in [0.15, 0.2) is 5.76 Å². The van der Waals surface area contributed by atoms with Crippen molar-refractivity contribution in [2.45, 2.75) is 19.1 Å². The van der Waals surface area contributed by atoms with Crippen LogP contribution in [-0.4, -0.2) is 46.9 Å². The van der Waals surface area contributed by atoms with Crippen molar-refractivity contribution in [1.82, 2.24) is 14.8 Å². The van der Waals surface area contributed by atoms with Crippen LogP contribution >= 0.6 is 0 Å². The van der Waals surface area contributed by atoms with Crippen molar-refractivity contribution in [2.24, 2.45) is 0 Å². The lowest BCUT2D eigenvalue weighted by molar-refractivity contribution is -0.137. The Morgan fingerprint density at radius 2 is 1.81 bits per heavy atom. The van der Waals surface area contributed by atoms with Gasteiger partial charge in [0.2, 0.25) is 0 Å². The van der Waals surface area contributed by atoms with Gasteiger partial charge in [0.25, 0.3) is 5.91 Å². The summed E-state index contributed by atoms with van der Waals surface area (Å²) in [5.41, 5.74) is 0.705. The first kappa shape index (κ1) is 21.1. The van der Waals surface area contributed by atoms with E-state index in [0.29, 0.717) is 13.1 Å². The summed E-state index contributed by atoms with van der Waals surface area (Å²) in [6, 6.07) is 11.9. The van der Waals surface area contributed by atoms with Crippen molar-refractivity contribution in [3.8, 4) is 11.3 Å². The van der Waals surface area contributed by atoms with Crippen molar-refractivity contribution in [2.75, 3.05) is 26.2 Å². The highest BCUT2D eigenvalue weighted by Gasteiger charge is 2.31. The largest absolute Gasteiger partial charge is 0.451 e. The third-order valence-corrected chi connectivity index (χ3v) is 5.32. The standard InChI is InChI=1S/C23H22F3N3O2/c24-23(25,26)19-4-1-3-18(15-19)20-5-6-21(31-20)22(30)29-12-2-11-28(13-14-29)16-17-7-9-27-10-8-17/h1,3-10,15H,2,11-14,16H2. The van der Waals surface area contributed by atoms with Crippen LogP contribution in [0.4, 0.5) is 13.2 Å². The fraction of sp³-hybridized carbons (Fsp3) is 0.304. The second-order valence-electron chi connectivity index (χ2n) is 7.52. The number of alkyl halides is 3. The number of amides is 1. The lowest BCUT2D eigenvalue weighted by atomic mass is 10.1. The number of nitrogens with zero attached hydrogens (tertiary/aromatic N) is 3. The first-order valence-electron chi connectivity index (χ1n) is 10.1. The maximum Gasteiger partial charge on any atom is 0.416 e. The number of benzene rings is 1. The first-order valence-corrected chi connectivity index (χ1v) is 10.1. The number of furan rings is 1. The Kier molecular flexibility index (Phi) is 6.08. The predicted octanol–water partition coefficient (Wildman–Crippen LogP) is 4.71. The molecule has 0 atom stereocenters. The van der Waals surface area contributed by atoms with Gasteiger partial charge in [-0.05, 0) is 48.4 Å². The van der Waals surface area contributed by atoms with E-state index in [0.717, 1.165) is 38.2 Å². The van der Waals surface area contributed by atoms with Crippen molar-refractivity contribution in [1.29, 1.82) is 0 Å². The van der Waals surface area contributed by atoms with Gasteiger partial charge in [0.05, 0.1) is 5.56 Å². The smallest absolute Gasteiger partial charge is 0.416 e. The average Bonchev–Trinajstić information content (AvgIpc) is 3.15. The van der Waals surface area contributed by atoms with E-state index in [1.807, 2.05) is 12.1 Å². The Hall–Kier alpha value is -3.13. The minimum Gasteiger partial charge on any atom is -0.451 e. The molecule has 1 aliphatic rings. The normalized spacial score (nSPS) is 15.6. The zero-order chi connectivity index (χ0) is 21.8. The molecule has 1 amide bonds. The molecule has 0 N–H and O–H groups in total. The number of carbonyl (C=O) groups is 1. The molecule has 0 spiro atoms. The Labute approximate surface area is 178 Å². The summed E-state index contributed by atoms with van der Waals surface area (Å²) in [6.45, 7) is 3.56. The Morgan fingerprint density at radius 3 is 2.58 bits per heavy atom. The van der Waals surface area contributed by atoms with Gasteiger partial charge in [0, 0.05) is 50.7 Å². The van der Waals surface area contributed by atoms with Crippen molar-refractivity contribution in [3.05, 3.63) is 77.8 Å². The molecule has 162 valence electrons. The zero-order valence-electron chi connectivity index (χ0n) is 16.8. The Morgan fingerprint density at radius 1 is 1.00 bits per heavy atom. The lowest BCUT2D eigenvalue weighted by Gasteiger charge is -2.21. The molecule has 1 aromatic carbocycles. The topological polar surface area (TPSA) is 49.6 Å². The Balaban J connectivity index is 1.42.